The first kappa shape index (κ1) is 13.0. The van der Waals surface area contributed by atoms with Gasteiger partial charge in [0, 0.05) is 11.1 Å². The molecule has 1 fully saturated rings. The van der Waals surface area contributed by atoms with E-state index in [1.54, 1.807) is 6.07 Å². The van der Waals surface area contributed by atoms with Crippen molar-refractivity contribution >= 4 is 34.5 Å². The molecule has 7 heteroatoms. The number of carbonyl (C=O) groups excluding carboxylic acids is 1. The summed E-state index contributed by atoms with van der Waals surface area (Å²) in [6.07, 6.45) is 0.432. The molecule has 0 spiro atoms. The van der Waals surface area contributed by atoms with Gasteiger partial charge in [0.25, 0.3) is 5.91 Å². The fraction of sp³-hybridized carbons (Fsp3) is 0.308. The second-order valence-corrected chi connectivity index (χ2v) is 5.87. The van der Waals surface area contributed by atoms with Crippen molar-refractivity contribution in [1.82, 2.24) is 15.5 Å². The molecule has 1 aliphatic rings. The van der Waals surface area contributed by atoms with Gasteiger partial charge in [-0.25, -0.2) is 4.79 Å². The Morgan fingerprint density at radius 1 is 1.40 bits per heavy atom. The minimum atomic E-state index is -1.18. The number of carbonyl (C=O) groups is 2. The normalized spacial score (nSPS) is 22.0. The van der Waals surface area contributed by atoms with Crippen LogP contribution in [0.25, 0.3) is 10.9 Å². The average molecular weight is 291 g/mol. The number of amides is 1. The number of benzene rings is 1. The van der Waals surface area contributed by atoms with Crippen LogP contribution >= 0.6 is 11.8 Å². The molecule has 1 aromatic heterocycles. The molecule has 6 nitrogen and oxygen atoms in total. The highest BCUT2D eigenvalue weighted by molar-refractivity contribution is 7.99. The van der Waals surface area contributed by atoms with Gasteiger partial charge in [-0.15, -0.1) is 0 Å². The van der Waals surface area contributed by atoms with Crippen LogP contribution < -0.4 is 5.32 Å². The number of fused-ring (bicyclic) bond motifs is 1. The van der Waals surface area contributed by atoms with Crippen molar-refractivity contribution in [3.05, 3.63) is 30.0 Å². The minimum Gasteiger partial charge on any atom is -0.479 e. The first-order valence-corrected chi connectivity index (χ1v) is 7.35. The van der Waals surface area contributed by atoms with E-state index in [1.807, 2.05) is 18.2 Å². The molecule has 1 aromatic carbocycles. The summed E-state index contributed by atoms with van der Waals surface area (Å²) in [6.45, 7) is 0. The monoisotopic (exact) mass is 291 g/mol. The number of carboxylic acid groups (broad SMARTS) is 1. The predicted molar refractivity (Wildman–Crippen MR) is 75.9 cm³/mol. The lowest BCUT2D eigenvalue weighted by atomic mass is 9.99. The van der Waals surface area contributed by atoms with Gasteiger partial charge in [0.1, 0.15) is 5.54 Å². The van der Waals surface area contributed by atoms with Crippen molar-refractivity contribution in [2.45, 2.75) is 12.0 Å². The van der Waals surface area contributed by atoms with Gasteiger partial charge >= 0.3 is 5.97 Å². The van der Waals surface area contributed by atoms with Crippen LogP contribution in [-0.4, -0.2) is 44.2 Å². The van der Waals surface area contributed by atoms with Gasteiger partial charge in [-0.1, -0.05) is 18.2 Å². The van der Waals surface area contributed by atoms with E-state index in [1.165, 1.54) is 11.8 Å². The number of para-hydroxylation sites is 1. The second kappa shape index (κ2) is 4.82. The van der Waals surface area contributed by atoms with Crippen molar-refractivity contribution in [2.75, 3.05) is 11.5 Å². The molecular weight excluding hydrogens is 278 g/mol. The van der Waals surface area contributed by atoms with Gasteiger partial charge in [0.05, 0.1) is 5.52 Å². The molecule has 0 unspecified atom stereocenters. The number of rotatable bonds is 3. The van der Waals surface area contributed by atoms with Crippen molar-refractivity contribution in [3.63, 3.8) is 0 Å². The zero-order valence-corrected chi connectivity index (χ0v) is 11.4. The molecule has 0 radical (unpaired) electrons. The third kappa shape index (κ3) is 2.03. The van der Waals surface area contributed by atoms with E-state index in [2.05, 4.69) is 15.5 Å². The van der Waals surface area contributed by atoms with E-state index >= 15 is 0 Å². The zero-order valence-electron chi connectivity index (χ0n) is 10.5. The number of carboxylic acids is 1. The van der Waals surface area contributed by atoms with Crippen molar-refractivity contribution < 1.29 is 14.7 Å². The van der Waals surface area contributed by atoms with Crippen molar-refractivity contribution in [3.8, 4) is 0 Å². The number of aromatic amines is 1. The summed E-state index contributed by atoms with van der Waals surface area (Å²) in [7, 11) is 0. The third-order valence-corrected chi connectivity index (χ3v) is 4.66. The highest BCUT2D eigenvalue weighted by Gasteiger charge is 2.43. The number of H-pyrrole nitrogens is 1. The number of aliphatic carboxylic acids is 1. The highest BCUT2D eigenvalue weighted by atomic mass is 32.2. The molecule has 1 saturated heterocycles. The SMILES string of the molecule is O=C(N[C@]1(C(=O)O)CCSC1)c1n[nH]c2ccccc12. The molecule has 1 aliphatic heterocycles. The van der Waals surface area contributed by atoms with Crippen LogP contribution in [0.4, 0.5) is 0 Å². The van der Waals surface area contributed by atoms with Gasteiger partial charge in [-0.2, -0.15) is 16.9 Å². The van der Waals surface area contributed by atoms with E-state index in [0.717, 1.165) is 11.3 Å². The Labute approximate surface area is 118 Å². The standard InChI is InChI=1S/C13H13N3O3S/c17-11(14-13(12(18)19)5-6-20-7-13)10-8-3-1-2-4-9(8)15-16-10/h1-4H,5-7H2,(H,14,17)(H,15,16)(H,18,19)/t13-/m1/s1. The largest absolute Gasteiger partial charge is 0.479 e. The van der Waals surface area contributed by atoms with Gasteiger partial charge < -0.3 is 10.4 Å². The van der Waals surface area contributed by atoms with E-state index in [-0.39, 0.29) is 5.69 Å². The Morgan fingerprint density at radius 2 is 2.20 bits per heavy atom. The molecule has 1 atom stereocenters. The summed E-state index contributed by atoms with van der Waals surface area (Å²) in [6, 6.07) is 7.25. The first-order chi connectivity index (χ1) is 9.62. The fourth-order valence-electron chi connectivity index (χ4n) is 2.30. The van der Waals surface area contributed by atoms with E-state index in [9.17, 15) is 14.7 Å². The summed E-state index contributed by atoms with van der Waals surface area (Å²) in [5, 5.41) is 19.5. The average Bonchev–Trinajstić information content (AvgIpc) is 3.05. The maximum Gasteiger partial charge on any atom is 0.330 e. The van der Waals surface area contributed by atoms with E-state index in [4.69, 9.17) is 0 Å². The number of thioether (sulfide) groups is 1. The zero-order chi connectivity index (χ0) is 14.2. The number of hydrogen-bond acceptors (Lipinski definition) is 4. The van der Waals surface area contributed by atoms with Crippen LogP contribution in [0, 0.1) is 0 Å². The maximum atomic E-state index is 12.3. The molecule has 20 heavy (non-hydrogen) atoms. The lowest BCUT2D eigenvalue weighted by Crippen LogP contribution is -2.54. The highest BCUT2D eigenvalue weighted by Crippen LogP contribution is 2.29. The lowest BCUT2D eigenvalue weighted by molar-refractivity contribution is -0.143. The van der Waals surface area contributed by atoms with Crippen molar-refractivity contribution in [2.24, 2.45) is 0 Å². The van der Waals surface area contributed by atoms with Crippen LogP contribution in [0.2, 0.25) is 0 Å². The molecule has 2 heterocycles. The van der Waals surface area contributed by atoms with Crippen LogP contribution in [-0.2, 0) is 4.79 Å². The van der Waals surface area contributed by atoms with Gasteiger partial charge in [-0.05, 0) is 18.2 Å². The smallest absolute Gasteiger partial charge is 0.330 e. The van der Waals surface area contributed by atoms with Crippen LogP contribution in [0.15, 0.2) is 24.3 Å². The maximum absolute atomic E-state index is 12.3. The molecule has 1 amide bonds. The minimum absolute atomic E-state index is 0.234. The van der Waals surface area contributed by atoms with Gasteiger partial charge in [0.2, 0.25) is 0 Å². The second-order valence-electron chi connectivity index (χ2n) is 4.76. The molecule has 3 rings (SSSR count). The van der Waals surface area contributed by atoms with E-state index < -0.39 is 17.4 Å². The topological polar surface area (TPSA) is 95.1 Å². The summed E-state index contributed by atoms with van der Waals surface area (Å²) >= 11 is 1.53. The fourth-order valence-corrected chi connectivity index (χ4v) is 3.62. The third-order valence-electron chi connectivity index (χ3n) is 3.47. The number of aromatic nitrogens is 2. The van der Waals surface area contributed by atoms with Gasteiger partial charge in [-0.3, -0.25) is 9.89 Å². The molecule has 104 valence electrons. The molecule has 3 N–H and O–H groups in total. The van der Waals surface area contributed by atoms with Crippen LogP contribution in [0.5, 0.6) is 0 Å². The van der Waals surface area contributed by atoms with Crippen LogP contribution in [0.3, 0.4) is 0 Å². The number of nitrogens with zero attached hydrogens (tertiary/aromatic N) is 1. The molecule has 0 bridgehead atoms. The summed E-state index contributed by atoms with van der Waals surface area (Å²) in [4.78, 5) is 23.8. The quantitative estimate of drug-likeness (QED) is 0.791. The first-order valence-electron chi connectivity index (χ1n) is 6.19. The Morgan fingerprint density at radius 3 is 2.90 bits per heavy atom. The summed E-state index contributed by atoms with van der Waals surface area (Å²) in [5.41, 5.74) is -0.192. The molecule has 0 saturated carbocycles. The molecular formula is C13H13N3O3S. The Balaban J connectivity index is 1.91. The molecule has 2 aromatic rings. The predicted octanol–water partition coefficient (Wildman–Crippen LogP) is 1.25. The van der Waals surface area contributed by atoms with Crippen LogP contribution in [0.1, 0.15) is 16.9 Å². The van der Waals surface area contributed by atoms with Crippen molar-refractivity contribution in [1.29, 1.82) is 0 Å². The molecule has 0 aliphatic carbocycles. The summed E-state index contributed by atoms with van der Waals surface area (Å²) in [5.74, 6) is -0.326. The number of hydrogen-bond donors (Lipinski definition) is 3. The van der Waals surface area contributed by atoms with Gasteiger partial charge in [0.15, 0.2) is 5.69 Å². The van der Waals surface area contributed by atoms with E-state index in [0.29, 0.717) is 17.6 Å². The summed E-state index contributed by atoms with van der Waals surface area (Å²) < 4.78 is 0. The lowest BCUT2D eigenvalue weighted by Gasteiger charge is -2.24. The Kier molecular flexibility index (Phi) is 3.13. The number of nitrogens with one attached hydrogen (secondary N) is 2. The Bertz CT molecular complexity index is 676. The Hall–Kier alpha value is -2.02.